The minimum absolute atomic E-state index is 0.0815. The largest absolute Gasteiger partial charge is 0.726 e. The second kappa shape index (κ2) is 9.43. The Balaban J connectivity index is 0.000000538. The molecule has 1 aromatic heterocycles. The molecular weight excluding hydrogens is 492 g/mol. The van der Waals surface area contributed by atoms with Crippen LogP contribution in [-0.4, -0.2) is 56.8 Å². The normalized spacial score (nSPS) is 12.2. The van der Waals surface area contributed by atoms with Crippen molar-refractivity contribution in [1.29, 1.82) is 0 Å². The molecule has 0 fully saturated rings. The van der Waals surface area contributed by atoms with Crippen molar-refractivity contribution in [3.05, 3.63) is 65.4 Å². The SMILES string of the molecule is COS(=O)(=O)[O-].C[N+](C)(C)CCCn1c(=O)c2c(N)c3c(=O)c4ccccc4c(=O)c3c(N)c2c1=O. The fourth-order valence-corrected chi connectivity index (χ4v) is 4.12. The summed E-state index contributed by atoms with van der Waals surface area (Å²) < 4.78 is 32.8. The zero-order valence-corrected chi connectivity index (χ0v) is 21.0. The number of aromatic nitrogens is 1. The number of nitrogen functional groups attached to an aromatic ring is 2. The van der Waals surface area contributed by atoms with Crippen LogP contribution in [0.3, 0.4) is 0 Å². The molecule has 0 saturated carbocycles. The fraction of sp³-hybridized carbons (Fsp3) is 0.304. The van der Waals surface area contributed by atoms with E-state index in [2.05, 4.69) is 4.18 Å². The van der Waals surface area contributed by atoms with E-state index in [1.54, 1.807) is 12.1 Å². The highest BCUT2D eigenvalue weighted by Crippen LogP contribution is 2.31. The first-order valence-electron chi connectivity index (χ1n) is 10.7. The zero-order valence-electron chi connectivity index (χ0n) is 20.2. The minimum Gasteiger partial charge on any atom is -0.726 e. The summed E-state index contributed by atoms with van der Waals surface area (Å²) in [6, 6.07) is 6.36. The summed E-state index contributed by atoms with van der Waals surface area (Å²) in [5, 5.41) is 0.0629. The van der Waals surface area contributed by atoms with Crippen molar-refractivity contribution in [2.45, 2.75) is 13.0 Å². The molecule has 1 heterocycles. The summed E-state index contributed by atoms with van der Waals surface area (Å²) in [4.78, 5) is 52.2. The third-order valence-electron chi connectivity index (χ3n) is 5.78. The van der Waals surface area contributed by atoms with Crippen LogP contribution in [0, 0.1) is 0 Å². The van der Waals surface area contributed by atoms with Crippen LogP contribution in [0.15, 0.2) is 43.4 Å². The lowest BCUT2D eigenvalue weighted by Gasteiger charge is -2.23. The Morgan fingerprint density at radius 2 is 1.25 bits per heavy atom. The van der Waals surface area contributed by atoms with Crippen LogP contribution in [0.25, 0.3) is 32.3 Å². The quantitative estimate of drug-likeness (QED) is 0.0878. The number of quaternary nitrogens is 1. The number of rotatable bonds is 5. The van der Waals surface area contributed by atoms with Crippen molar-refractivity contribution in [2.24, 2.45) is 0 Å². The van der Waals surface area contributed by atoms with Gasteiger partial charge in [-0.1, -0.05) is 24.3 Å². The molecular formula is C23H26N4O8S. The first-order chi connectivity index (χ1) is 16.6. The predicted molar refractivity (Wildman–Crippen MR) is 137 cm³/mol. The van der Waals surface area contributed by atoms with Gasteiger partial charge in [-0.15, -0.1) is 0 Å². The van der Waals surface area contributed by atoms with E-state index < -0.39 is 32.4 Å². The van der Waals surface area contributed by atoms with Gasteiger partial charge in [-0.3, -0.25) is 27.9 Å². The maximum absolute atomic E-state index is 13.1. The van der Waals surface area contributed by atoms with Gasteiger partial charge in [-0.2, -0.15) is 0 Å². The Morgan fingerprint density at radius 3 is 1.58 bits per heavy atom. The molecule has 4 aromatic rings. The van der Waals surface area contributed by atoms with E-state index in [4.69, 9.17) is 11.5 Å². The van der Waals surface area contributed by atoms with Crippen molar-refractivity contribution in [2.75, 3.05) is 46.3 Å². The Bertz CT molecular complexity index is 1710. The van der Waals surface area contributed by atoms with Crippen molar-refractivity contribution in [3.8, 4) is 0 Å². The topological polar surface area (TPSA) is 192 Å². The summed E-state index contributed by atoms with van der Waals surface area (Å²) >= 11 is 0. The summed E-state index contributed by atoms with van der Waals surface area (Å²) in [5.41, 5.74) is 10.0. The molecule has 0 unspecified atom stereocenters. The van der Waals surface area contributed by atoms with E-state index >= 15 is 0 Å². The Hall–Kier alpha value is -3.65. The molecule has 4 rings (SSSR count). The molecule has 0 saturated heterocycles. The van der Waals surface area contributed by atoms with Gasteiger partial charge in [-0.05, 0) is 0 Å². The van der Waals surface area contributed by atoms with E-state index in [0.29, 0.717) is 10.9 Å². The minimum atomic E-state index is -4.41. The molecule has 0 radical (unpaired) electrons. The molecule has 0 amide bonds. The number of nitrogens with two attached hydrogens (primary N) is 2. The molecule has 0 atom stereocenters. The molecule has 192 valence electrons. The molecule has 0 aliphatic carbocycles. The number of hydrogen-bond acceptors (Lipinski definition) is 10. The average Bonchev–Trinajstić information content (AvgIpc) is 3.04. The van der Waals surface area contributed by atoms with Gasteiger partial charge in [0.1, 0.15) is 0 Å². The van der Waals surface area contributed by atoms with Crippen molar-refractivity contribution >= 4 is 54.1 Å². The number of fused-ring (bicyclic) bond motifs is 3. The van der Waals surface area contributed by atoms with Gasteiger partial charge in [0.2, 0.25) is 10.4 Å². The van der Waals surface area contributed by atoms with Crippen LogP contribution < -0.4 is 33.4 Å². The molecule has 4 N–H and O–H groups in total. The molecule has 0 spiro atoms. The summed E-state index contributed by atoms with van der Waals surface area (Å²) in [6.45, 7) is 0.953. The number of nitrogens with zero attached hydrogens (tertiary/aromatic N) is 2. The number of hydrogen-bond donors (Lipinski definition) is 2. The molecule has 0 aliphatic heterocycles. The van der Waals surface area contributed by atoms with Crippen LogP contribution >= 0.6 is 0 Å². The second-order valence-electron chi connectivity index (χ2n) is 9.24. The van der Waals surface area contributed by atoms with E-state index in [-0.39, 0.29) is 50.2 Å². The van der Waals surface area contributed by atoms with E-state index in [0.717, 1.165) is 18.2 Å². The smallest absolute Gasteiger partial charge is 0.263 e. The van der Waals surface area contributed by atoms with Gasteiger partial charge in [-0.25, -0.2) is 8.42 Å². The van der Waals surface area contributed by atoms with E-state index in [9.17, 15) is 32.1 Å². The summed E-state index contributed by atoms with van der Waals surface area (Å²) in [7, 11) is 2.44. The Kier molecular flexibility index (Phi) is 7.06. The molecule has 36 heavy (non-hydrogen) atoms. The Labute approximate surface area is 205 Å². The first kappa shape index (κ1) is 26.9. The maximum Gasteiger partial charge on any atom is 0.263 e. The van der Waals surface area contributed by atoms with Gasteiger partial charge in [0.05, 0.1) is 67.7 Å². The maximum atomic E-state index is 13.1. The highest BCUT2D eigenvalue weighted by atomic mass is 32.3. The van der Waals surface area contributed by atoms with Crippen LogP contribution in [0.4, 0.5) is 11.4 Å². The van der Waals surface area contributed by atoms with Crippen molar-refractivity contribution < 1.29 is 21.6 Å². The molecule has 0 aliphatic rings. The fourth-order valence-electron chi connectivity index (χ4n) is 4.12. The number of benzene rings is 3. The van der Waals surface area contributed by atoms with Gasteiger partial charge >= 0.3 is 0 Å². The number of anilines is 2. The van der Waals surface area contributed by atoms with E-state index in [1.165, 1.54) is 12.1 Å². The Morgan fingerprint density at radius 1 is 0.861 bits per heavy atom. The highest BCUT2D eigenvalue weighted by molar-refractivity contribution is 7.80. The highest BCUT2D eigenvalue weighted by Gasteiger charge is 2.25. The molecule has 3 aromatic carbocycles. The van der Waals surface area contributed by atoms with Gasteiger partial charge < -0.3 is 20.5 Å². The first-order valence-corrected chi connectivity index (χ1v) is 12.1. The lowest BCUT2D eigenvalue weighted by atomic mass is 9.97. The standard InChI is InChI=1S/C22H22N4O4.CH4O4S/c1-26(2,3)10-6-9-25-21(29)15-16(22(25)30)18(24)14-13(17(15)23)19(27)11-7-4-5-8-12(11)20(14)28;1-5-6(2,3)4/h4-5,7-8H,6,9-10H2,1-3H3,(H3-,23,24,27,28,29,30);1H3,(H,2,3,4). The van der Waals surface area contributed by atoms with Crippen molar-refractivity contribution in [3.63, 3.8) is 0 Å². The lowest BCUT2D eigenvalue weighted by Crippen LogP contribution is -2.37. The van der Waals surface area contributed by atoms with E-state index in [1.807, 2.05) is 21.1 Å². The van der Waals surface area contributed by atoms with Crippen LogP contribution in [-0.2, 0) is 21.1 Å². The van der Waals surface area contributed by atoms with Crippen LogP contribution in [0.1, 0.15) is 6.42 Å². The molecule has 13 heteroatoms. The monoisotopic (exact) mass is 518 g/mol. The second-order valence-corrected chi connectivity index (χ2v) is 10.4. The predicted octanol–water partition coefficient (Wildman–Crippen LogP) is -0.382. The summed E-state index contributed by atoms with van der Waals surface area (Å²) in [6.07, 6.45) is 0.595. The van der Waals surface area contributed by atoms with Crippen molar-refractivity contribution in [1.82, 2.24) is 4.57 Å². The van der Waals surface area contributed by atoms with Gasteiger partial charge in [0.15, 0.2) is 10.9 Å². The molecule has 0 bridgehead atoms. The zero-order chi connectivity index (χ0) is 27.2. The average molecular weight is 519 g/mol. The van der Waals surface area contributed by atoms with Crippen LogP contribution in [0.2, 0.25) is 0 Å². The van der Waals surface area contributed by atoms with Crippen LogP contribution in [0.5, 0.6) is 0 Å². The summed E-state index contributed by atoms with van der Waals surface area (Å²) in [5.74, 6) is 0. The lowest BCUT2D eigenvalue weighted by molar-refractivity contribution is -0.870. The third-order valence-corrected chi connectivity index (χ3v) is 6.19. The third kappa shape index (κ3) is 4.86. The van der Waals surface area contributed by atoms with Gasteiger partial charge in [0.25, 0.3) is 11.1 Å². The van der Waals surface area contributed by atoms with Gasteiger partial charge in [0, 0.05) is 23.7 Å². The molecule has 12 nitrogen and oxygen atoms in total.